The summed E-state index contributed by atoms with van der Waals surface area (Å²) in [5.41, 5.74) is 0. The molecule has 0 N–H and O–H groups in total. The lowest BCUT2D eigenvalue weighted by molar-refractivity contribution is 0.242. The molecule has 0 aliphatic heterocycles. The highest BCUT2D eigenvalue weighted by molar-refractivity contribution is 5.18. The van der Waals surface area contributed by atoms with Gasteiger partial charge in [-0.1, -0.05) is 31.2 Å². The van der Waals surface area contributed by atoms with Crippen LogP contribution in [0.4, 0.5) is 0 Å². The van der Waals surface area contributed by atoms with Crippen molar-refractivity contribution in [3.63, 3.8) is 0 Å². The first-order valence-electron chi connectivity index (χ1n) is 5.21. The van der Waals surface area contributed by atoms with Gasteiger partial charge in [-0.05, 0) is 42.4 Å². The average Bonchev–Trinajstić information content (AvgIpc) is 2.64. The summed E-state index contributed by atoms with van der Waals surface area (Å²) < 4.78 is 0. The van der Waals surface area contributed by atoms with E-state index in [-0.39, 0.29) is 0 Å². The van der Waals surface area contributed by atoms with Crippen LogP contribution in [-0.4, -0.2) is 0 Å². The first-order valence-corrected chi connectivity index (χ1v) is 5.21. The maximum Gasteiger partial charge on any atom is -0.0191 e. The molecule has 0 spiro atoms. The predicted molar refractivity (Wildman–Crippen MR) is 50.6 cm³/mol. The lowest BCUT2D eigenvalue weighted by atomic mass is 9.71. The highest BCUT2D eigenvalue weighted by Gasteiger charge is 2.46. The zero-order valence-corrected chi connectivity index (χ0v) is 7.61. The SMILES string of the molecule is CC1C=CCC2C3C=CC(C3)C12. The van der Waals surface area contributed by atoms with E-state index in [1.165, 1.54) is 12.8 Å². The second kappa shape index (κ2) is 2.25. The first kappa shape index (κ1) is 6.94. The number of hydrogen-bond donors (Lipinski definition) is 0. The van der Waals surface area contributed by atoms with E-state index in [2.05, 4.69) is 31.2 Å². The molecule has 5 atom stereocenters. The highest BCUT2D eigenvalue weighted by Crippen LogP contribution is 2.54. The zero-order chi connectivity index (χ0) is 8.13. The van der Waals surface area contributed by atoms with Gasteiger partial charge in [0.1, 0.15) is 0 Å². The molecule has 0 radical (unpaired) electrons. The Labute approximate surface area is 74.4 Å². The lowest BCUT2D eigenvalue weighted by Crippen LogP contribution is -2.26. The van der Waals surface area contributed by atoms with Crippen LogP contribution < -0.4 is 0 Å². The van der Waals surface area contributed by atoms with Gasteiger partial charge in [-0.15, -0.1) is 0 Å². The van der Waals surface area contributed by atoms with Crippen LogP contribution in [0.1, 0.15) is 19.8 Å². The second-order valence-electron chi connectivity index (χ2n) is 4.71. The van der Waals surface area contributed by atoms with Crippen molar-refractivity contribution < 1.29 is 0 Å². The summed E-state index contributed by atoms with van der Waals surface area (Å²) in [5, 5.41) is 0. The predicted octanol–water partition coefficient (Wildman–Crippen LogP) is 3.02. The molecule has 0 aromatic carbocycles. The maximum absolute atomic E-state index is 2.47. The smallest absolute Gasteiger partial charge is 0.0191 e. The van der Waals surface area contributed by atoms with Crippen molar-refractivity contribution in [2.75, 3.05) is 0 Å². The summed E-state index contributed by atoms with van der Waals surface area (Å²) in [7, 11) is 0. The van der Waals surface area contributed by atoms with Gasteiger partial charge in [0.2, 0.25) is 0 Å². The van der Waals surface area contributed by atoms with Crippen molar-refractivity contribution in [1.29, 1.82) is 0 Å². The lowest BCUT2D eigenvalue weighted by Gasteiger charge is -2.33. The van der Waals surface area contributed by atoms with Crippen molar-refractivity contribution in [3.8, 4) is 0 Å². The Morgan fingerprint density at radius 2 is 1.92 bits per heavy atom. The fourth-order valence-corrected chi connectivity index (χ4v) is 3.65. The van der Waals surface area contributed by atoms with Crippen LogP contribution in [0.25, 0.3) is 0 Å². The monoisotopic (exact) mass is 160 g/mol. The van der Waals surface area contributed by atoms with Crippen LogP contribution in [0.5, 0.6) is 0 Å². The van der Waals surface area contributed by atoms with Crippen molar-refractivity contribution >= 4 is 0 Å². The van der Waals surface area contributed by atoms with E-state index >= 15 is 0 Å². The van der Waals surface area contributed by atoms with Crippen molar-refractivity contribution in [2.24, 2.45) is 29.6 Å². The van der Waals surface area contributed by atoms with Gasteiger partial charge in [0, 0.05) is 0 Å². The zero-order valence-electron chi connectivity index (χ0n) is 7.61. The third kappa shape index (κ3) is 0.734. The molecule has 3 aliphatic carbocycles. The Morgan fingerprint density at radius 1 is 1.08 bits per heavy atom. The third-order valence-electron chi connectivity index (χ3n) is 4.14. The van der Waals surface area contributed by atoms with Crippen LogP contribution in [0.3, 0.4) is 0 Å². The minimum Gasteiger partial charge on any atom is -0.0880 e. The van der Waals surface area contributed by atoms with E-state index in [9.17, 15) is 0 Å². The minimum atomic E-state index is 0.837. The van der Waals surface area contributed by atoms with E-state index in [0.29, 0.717) is 0 Å². The van der Waals surface area contributed by atoms with E-state index in [0.717, 1.165) is 29.6 Å². The molecule has 2 bridgehead atoms. The molecular formula is C12H16. The molecular weight excluding hydrogens is 144 g/mol. The molecule has 1 fully saturated rings. The summed E-state index contributed by atoms with van der Waals surface area (Å²) in [4.78, 5) is 0. The first-order chi connectivity index (χ1) is 5.86. The standard InChI is InChI=1S/C12H16/c1-8-3-2-4-11-9-5-6-10(7-9)12(8)11/h2-3,5-6,8-12H,4,7H2,1H3. The summed E-state index contributed by atoms with van der Waals surface area (Å²) in [6.45, 7) is 2.39. The molecule has 0 amide bonds. The Balaban J connectivity index is 1.97. The van der Waals surface area contributed by atoms with Gasteiger partial charge in [-0.25, -0.2) is 0 Å². The Bertz CT molecular complexity index is 249. The normalized spacial score (nSPS) is 54.6. The van der Waals surface area contributed by atoms with E-state index < -0.39 is 0 Å². The van der Waals surface area contributed by atoms with Crippen LogP contribution in [-0.2, 0) is 0 Å². The molecule has 1 saturated carbocycles. The van der Waals surface area contributed by atoms with Gasteiger partial charge < -0.3 is 0 Å². The van der Waals surface area contributed by atoms with Crippen LogP contribution >= 0.6 is 0 Å². The molecule has 0 aromatic heterocycles. The van der Waals surface area contributed by atoms with Gasteiger partial charge in [-0.2, -0.15) is 0 Å². The molecule has 0 saturated heterocycles. The Kier molecular flexibility index (Phi) is 1.30. The van der Waals surface area contributed by atoms with Gasteiger partial charge >= 0.3 is 0 Å². The Hall–Kier alpha value is -0.520. The summed E-state index contributed by atoms with van der Waals surface area (Å²) in [6.07, 6.45) is 12.6. The topological polar surface area (TPSA) is 0 Å². The van der Waals surface area contributed by atoms with Crippen LogP contribution in [0.2, 0.25) is 0 Å². The number of fused-ring (bicyclic) bond motifs is 5. The summed E-state index contributed by atoms with van der Waals surface area (Å²) in [5.74, 6) is 4.70. The average molecular weight is 160 g/mol. The molecule has 0 nitrogen and oxygen atoms in total. The molecule has 0 heterocycles. The third-order valence-corrected chi connectivity index (χ3v) is 4.14. The number of rotatable bonds is 0. The molecule has 3 aliphatic rings. The molecule has 64 valence electrons. The summed E-state index contributed by atoms with van der Waals surface area (Å²) in [6, 6.07) is 0. The van der Waals surface area contributed by atoms with Crippen molar-refractivity contribution in [2.45, 2.75) is 19.8 Å². The second-order valence-corrected chi connectivity index (χ2v) is 4.71. The fourth-order valence-electron chi connectivity index (χ4n) is 3.65. The molecule has 5 unspecified atom stereocenters. The molecule has 0 heteroatoms. The number of hydrogen-bond acceptors (Lipinski definition) is 0. The van der Waals surface area contributed by atoms with E-state index in [1.807, 2.05) is 0 Å². The van der Waals surface area contributed by atoms with Crippen molar-refractivity contribution in [3.05, 3.63) is 24.3 Å². The van der Waals surface area contributed by atoms with Gasteiger partial charge in [0.05, 0.1) is 0 Å². The molecule has 3 rings (SSSR count). The van der Waals surface area contributed by atoms with Gasteiger partial charge in [0.15, 0.2) is 0 Å². The number of allylic oxidation sites excluding steroid dienone is 4. The molecule has 0 aromatic rings. The Morgan fingerprint density at radius 3 is 2.75 bits per heavy atom. The fraction of sp³-hybridized carbons (Fsp3) is 0.667. The molecule has 12 heavy (non-hydrogen) atoms. The largest absolute Gasteiger partial charge is 0.0880 e. The van der Waals surface area contributed by atoms with E-state index in [4.69, 9.17) is 0 Å². The van der Waals surface area contributed by atoms with E-state index in [1.54, 1.807) is 0 Å². The summed E-state index contributed by atoms with van der Waals surface area (Å²) >= 11 is 0. The van der Waals surface area contributed by atoms with Crippen molar-refractivity contribution in [1.82, 2.24) is 0 Å². The van der Waals surface area contributed by atoms with Gasteiger partial charge in [0.25, 0.3) is 0 Å². The van der Waals surface area contributed by atoms with Gasteiger partial charge in [-0.3, -0.25) is 0 Å². The maximum atomic E-state index is 2.47. The quantitative estimate of drug-likeness (QED) is 0.478. The highest BCUT2D eigenvalue weighted by atomic mass is 14.5. The van der Waals surface area contributed by atoms with Crippen LogP contribution in [0, 0.1) is 29.6 Å². The van der Waals surface area contributed by atoms with Crippen LogP contribution in [0.15, 0.2) is 24.3 Å². The minimum absolute atomic E-state index is 0.837.